The predicted molar refractivity (Wildman–Crippen MR) is 124 cm³/mol. The fourth-order valence-corrected chi connectivity index (χ4v) is 4.63. The number of benzene rings is 1. The van der Waals surface area contributed by atoms with Gasteiger partial charge in [0.25, 0.3) is 5.56 Å². The fraction of sp³-hybridized carbons (Fsp3) is 0.320. The number of aromatic nitrogens is 1. The molecule has 0 aliphatic carbocycles. The number of hydrogen-bond acceptors (Lipinski definition) is 4. The summed E-state index contributed by atoms with van der Waals surface area (Å²) < 4.78 is 0. The number of hydrogen-bond donors (Lipinski definition) is 2. The maximum atomic E-state index is 12.9. The van der Waals surface area contributed by atoms with Gasteiger partial charge >= 0.3 is 0 Å². The molecule has 6 heteroatoms. The van der Waals surface area contributed by atoms with Crippen molar-refractivity contribution < 1.29 is 4.79 Å². The van der Waals surface area contributed by atoms with E-state index in [4.69, 9.17) is 0 Å². The quantitative estimate of drug-likeness (QED) is 0.539. The first-order chi connectivity index (χ1) is 14.9. The number of rotatable bonds is 8. The van der Waals surface area contributed by atoms with Gasteiger partial charge in [0.2, 0.25) is 5.91 Å². The van der Waals surface area contributed by atoms with Crippen LogP contribution in [0.15, 0.2) is 46.6 Å². The Morgan fingerprint density at radius 2 is 1.94 bits per heavy atom. The minimum absolute atomic E-state index is 0.0699. The summed E-state index contributed by atoms with van der Waals surface area (Å²) >= 11 is 1.62. The second kappa shape index (κ2) is 10.2. The second-order valence-electron chi connectivity index (χ2n) is 7.68. The fourth-order valence-electron chi connectivity index (χ4n) is 3.83. The summed E-state index contributed by atoms with van der Waals surface area (Å²) in [6, 6.07) is 14.2. The van der Waals surface area contributed by atoms with Crippen molar-refractivity contribution in [1.82, 2.24) is 10.3 Å². The number of aromatic amines is 1. The monoisotopic (exact) mass is 433 g/mol. The summed E-state index contributed by atoms with van der Waals surface area (Å²) in [4.78, 5) is 28.6. The van der Waals surface area contributed by atoms with Crippen LogP contribution in [-0.4, -0.2) is 10.9 Å². The minimum atomic E-state index is -0.380. The molecule has 0 aliphatic heterocycles. The van der Waals surface area contributed by atoms with Crippen LogP contribution in [0.5, 0.6) is 0 Å². The predicted octanol–water partition coefficient (Wildman–Crippen LogP) is 4.72. The first-order valence-corrected chi connectivity index (χ1v) is 11.4. The van der Waals surface area contributed by atoms with Crippen molar-refractivity contribution in [3.63, 3.8) is 0 Å². The van der Waals surface area contributed by atoms with E-state index in [2.05, 4.69) is 41.5 Å². The summed E-state index contributed by atoms with van der Waals surface area (Å²) in [5.41, 5.74) is 4.29. The van der Waals surface area contributed by atoms with Crippen LogP contribution in [0.25, 0.3) is 0 Å². The standard InChI is InChI=1S/C25H27N3O2S/c1-4-6-18-8-10-19(11-9-18)24(22-7-5-14-31-22)28-23(29)13-12-20-16(2)21(15-26)25(30)27-17(20)3/h5,7-11,14,24H,4,6,12-13H2,1-3H3,(H,27,30)(H,28,29). The molecule has 31 heavy (non-hydrogen) atoms. The number of carbonyl (C=O) groups is 1. The van der Waals surface area contributed by atoms with Gasteiger partial charge in [-0.25, -0.2) is 0 Å². The number of nitriles is 1. The Hall–Kier alpha value is -3.17. The second-order valence-corrected chi connectivity index (χ2v) is 8.66. The molecule has 3 aromatic rings. The molecule has 0 spiro atoms. The molecule has 0 fully saturated rings. The van der Waals surface area contributed by atoms with Gasteiger partial charge in [0, 0.05) is 17.0 Å². The Kier molecular flexibility index (Phi) is 7.43. The highest BCUT2D eigenvalue weighted by atomic mass is 32.1. The number of thiophene rings is 1. The molecule has 160 valence electrons. The van der Waals surface area contributed by atoms with Crippen LogP contribution >= 0.6 is 11.3 Å². The van der Waals surface area contributed by atoms with Crippen LogP contribution in [0.2, 0.25) is 0 Å². The maximum Gasteiger partial charge on any atom is 0.266 e. The highest BCUT2D eigenvalue weighted by Gasteiger charge is 2.19. The van der Waals surface area contributed by atoms with Crippen LogP contribution < -0.4 is 10.9 Å². The molecule has 2 heterocycles. The van der Waals surface area contributed by atoms with Crippen LogP contribution in [-0.2, 0) is 17.6 Å². The Balaban J connectivity index is 1.77. The van der Waals surface area contributed by atoms with Crippen molar-refractivity contribution in [2.75, 3.05) is 0 Å². The van der Waals surface area contributed by atoms with Gasteiger partial charge < -0.3 is 10.3 Å². The molecule has 0 bridgehead atoms. The van der Waals surface area contributed by atoms with Crippen molar-refractivity contribution in [2.24, 2.45) is 0 Å². The third kappa shape index (κ3) is 5.31. The van der Waals surface area contributed by atoms with Gasteiger partial charge in [0.15, 0.2) is 0 Å². The zero-order valence-corrected chi connectivity index (χ0v) is 18.9. The number of amides is 1. The molecule has 2 aromatic heterocycles. The number of aryl methyl sites for hydroxylation is 2. The van der Waals surface area contributed by atoms with Crippen molar-refractivity contribution in [3.8, 4) is 6.07 Å². The smallest absolute Gasteiger partial charge is 0.266 e. The lowest BCUT2D eigenvalue weighted by Gasteiger charge is -2.19. The van der Waals surface area contributed by atoms with Gasteiger partial charge in [-0.2, -0.15) is 5.26 Å². The van der Waals surface area contributed by atoms with Crippen molar-refractivity contribution in [2.45, 2.75) is 52.5 Å². The molecule has 0 radical (unpaired) electrons. The van der Waals surface area contributed by atoms with E-state index in [0.29, 0.717) is 17.7 Å². The summed E-state index contributed by atoms with van der Waals surface area (Å²) in [6.45, 7) is 5.73. The lowest BCUT2D eigenvalue weighted by atomic mass is 9.98. The van der Waals surface area contributed by atoms with E-state index in [0.717, 1.165) is 28.8 Å². The van der Waals surface area contributed by atoms with E-state index in [9.17, 15) is 14.9 Å². The summed E-state index contributed by atoms with van der Waals surface area (Å²) in [5, 5.41) is 14.4. The third-order valence-electron chi connectivity index (χ3n) is 5.51. The largest absolute Gasteiger partial charge is 0.344 e. The molecule has 2 N–H and O–H groups in total. The van der Waals surface area contributed by atoms with E-state index in [1.807, 2.05) is 23.6 Å². The SMILES string of the molecule is CCCc1ccc(C(NC(=O)CCc2c(C)[nH]c(=O)c(C#N)c2C)c2cccs2)cc1. The van der Waals surface area contributed by atoms with Gasteiger partial charge in [-0.3, -0.25) is 9.59 Å². The molecule has 3 rings (SSSR count). The van der Waals surface area contributed by atoms with Gasteiger partial charge in [-0.05, 0) is 60.4 Å². The summed E-state index contributed by atoms with van der Waals surface area (Å²) in [7, 11) is 0. The van der Waals surface area contributed by atoms with E-state index in [1.54, 1.807) is 25.2 Å². The Morgan fingerprint density at radius 1 is 1.19 bits per heavy atom. The van der Waals surface area contributed by atoms with Crippen LogP contribution in [0.4, 0.5) is 0 Å². The van der Waals surface area contributed by atoms with E-state index >= 15 is 0 Å². The van der Waals surface area contributed by atoms with Gasteiger partial charge in [0.05, 0.1) is 6.04 Å². The first kappa shape index (κ1) is 22.5. The molecule has 0 saturated heterocycles. The molecular weight excluding hydrogens is 406 g/mol. The summed E-state index contributed by atoms with van der Waals surface area (Å²) in [5.74, 6) is -0.0699. The third-order valence-corrected chi connectivity index (χ3v) is 6.44. The van der Waals surface area contributed by atoms with Gasteiger partial charge in [-0.15, -0.1) is 11.3 Å². The lowest BCUT2D eigenvalue weighted by molar-refractivity contribution is -0.121. The van der Waals surface area contributed by atoms with E-state index in [1.165, 1.54) is 5.56 Å². The highest BCUT2D eigenvalue weighted by Crippen LogP contribution is 2.27. The molecule has 1 aromatic carbocycles. The highest BCUT2D eigenvalue weighted by molar-refractivity contribution is 7.10. The Bertz CT molecular complexity index is 1140. The number of carbonyl (C=O) groups excluding carboxylic acids is 1. The number of H-pyrrole nitrogens is 1. The first-order valence-electron chi connectivity index (χ1n) is 10.5. The Labute approximate surface area is 186 Å². The van der Waals surface area contributed by atoms with Crippen LogP contribution in [0, 0.1) is 25.2 Å². The maximum absolute atomic E-state index is 12.9. The average molecular weight is 434 g/mol. The zero-order chi connectivity index (χ0) is 22.4. The summed E-state index contributed by atoms with van der Waals surface area (Å²) in [6.07, 6.45) is 2.87. The van der Waals surface area contributed by atoms with Gasteiger partial charge in [-0.1, -0.05) is 43.7 Å². The van der Waals surface area contributed by atoms with Crippen molar-refractivity contribution in [1.29, 1.82) is 5.26 Å². The molecular formula is C25H27N3O2S. The van der Waals surface area contributed by atoms with Crippen LogP contribution in [0.1, 0.15) is 64.2 Å². The normalized spacial score (nSPS) is 11.7. The number of nitrogens with zero attached hydrogens (tertiary/aromatic N) is 1. The van der Waals surface area contributed by atoms with Crippen molar-refractivity contribution >= 4 is 17.2 Å². The van der Waals surface area contributed by atoms with E-state index < -0.39 is 0 Å². The van der Waals surface area contributed by atoms with Gasteiger partial charge in [0.1, 0.15) is 11.6 Å². The molecule has 5 nitrogen and oxygen atoms in total. The van der Waals surface area contributed by atoms with Crippen LogP contribution in [0.3, 0.4) is 0 Å². The minimum Gasteiger partial charge on any atom is -0.344 e. The Morgan fingerprint density at radius 3 is 2.55 bits per heavy atom. The zero-order valence-electron chi connectivity index (χ0n) is 18.1. The number of pyridine rings is 1. The average Bonchev–Trinajstić information content (AvgIpc) is 3.27. The molecule has 1 unspecified atom stereocenters. The van der Waals surface area contributed by atoms with Crippen molar-refractivity contribution in [3.05, 3.63) is 90.5 Å². The molecule has 1 atom stereocenters. The molecule has 0 aliphatic rings. The lowest BCUT2D eigenvalue weighted by Crippen LogP contribution is -2.29. The van der Waals surface area contributed by atoms with E-state index in [-0.39, 0.29) is 29.5 Å². The molecule has 0 saturated carbocycles. The molecule has 1 amide bonds. The topological polar surface area (TPSA) is 85.8 Å². The number of nitrogens with one attached hydrogen (secondary N) is 2.